The lowest BCUT2D eigenvalue weighted by Gasteiger charge is -2.28. The van der Waals surface area contributed by atoms with E-state index >= 15 is 0 Å². The molecule has 0 bridgehead atoms. The third-order valence-electron chi connectivity index (χ3n) is 2.44. The molecule has 0 saturated heterocycles. The highest BCUT2D eigenvalue weighted by Crippen LogP contribution is 2.41. The predicted molar refractivity (Wildman–Crippen MR) is 43.6 cm³/mol. The zero-order valence-corrected chi connectivity index (χ0v) is 6.93. The minimum atomic E-state index is -3.30. The van der Waals surface area contributed by atoms with Crippen molar-refractivity contribution in [3.63, 3.8) is 0 Å². The van der Waals surface area contributed by atoms with E-state index in [0.717, 1.165) is 0 Å². The van der Waals surface area contributed by atoms with Gasteiger partial charge in [-0.2, -0.15) is 8.78 Å². The molecule has 0 saturated carbocycles. The fourth-order valence-corrected chi connectivity index (χ4v) is 1.70. The molecule has 0 heterocycles. The van der Waals surface area contributed by atoms with E-state index in [2.05, 4.69) is 0 Å². The van der Waals surface area contributed by atoms with Crippen LogP contribution in [-0.4, -0.2) is 6.17 Å². The Morgan fingerprint density at radius 3 is 2.69 bits per heavy atom. The minimum Gasteiger partial charge on any atom is -0.240 e. The molecule has 0 nitrogen and oxygen atoms in total. The second-order valence-corrected chi connectivity index (χ2v) is 3.29. The van der Waals surface area contributed by atoms with E-state index in [1.165, 1.54) is 12.1 Å². The van der Waals surface area contributed by atoms with Gasteiger partial charge in [-0.25, -0.2) is 4.39 Å². The summed E-state index contributed by atoms with van der Waals surface area (Å²) in [7, 11) is 0. The average molecular weight is 186 g/mol. The maximum atomic E-state index is 13.2. The highest BCUT2D eigenvalue weighted by atomic mass is 19.3. The fourth-order valence-electron chi connectivity index (χ4n) is 1.70. The van der Waals surface area contributed by atoms with Gasteiger partial charge in [-0.3, -0.25) is 0 Å². The molecule has 1 aromatic rings. The summed E-state index contributed by atoms with van der Waals surface area (Å²) in [6, 6.07) is 6.16. The first-order chi connectivity index (χ1) is 6.12. The van der Waals surface area contributed by atoms with Crippen molar-refractivity contribution in [3.8, 4) is 0 Å². The second-order valence-electron chi connectivity index (χ2n) is 3.29. The monoisotopic (exact) mass is 186 g/mol. The van der Waals surface area contributed by atoms with Gasteiger partial charge in [-0.1, -0.05) is 24.3 Å². The molecular formula is C10H9F3. The Kier molecular flexibility index (Phi) is 1.82. The first kappa shape index (κ1) is 8.60. The standard InChI is InChI=1S/C10H9F3/c11-9-6-5-7-3-1-2-4-8(7)10(9,12)13/h1-4,9H,5-6H2. The van der Waals surface area contributed by atoms with Gasteiger partial charge in [0.25, 0.3) is 0 Å². The van der Waals surface area contributed by atoms with Gasteiger partial charge < -0.3 is 0 Å². The molecule has 0 aromatic heterocycles. The highest BCUT2D eigenvalue weighted by Gasteiger charge is 2.45. The molecule has 70 valence electrons. The molecule has 0 radical (unpaired) electrons. The summed E-state index contributed by atoms with van der Waals surface area (Å²) in [4.78, 5) is 0. The van der Waals surface area contributed by atoms with Gasteiger partial charge in [0.2, 0.25) is 0 Å². The quantitative estimate of drug-likeness (QED) is 0.584. The Hall–Kier alpha value is -0.990. The summed E-state index contributed by atoms with van der Waals surface area (Å²) in [6.45, 7) is 0. The molecule has 1 aliphatic carbocycles. The van der Waals surface area contributed by atoms with E-state index in [4.69, 9.17) is 0 Å². The van der Waals surface area contributed by atoms with Crippen LogP contribution in [0.2, 0.25) is 0 Å². The number of fused-ring (bicyclic) bond motifs is 1. The third kappa shape index (κ3) is 1.23. The summed E-state index contributed by atoms with van der Waals surface area (Å²) in [6.07, 6.45) is -1.70. The van der Waals surface area contributed by atoms with Gasteiger partial charge in [0.1, 0.15) is 0 Å². The van der Waals surface area contributed by atoms with Crippen molar-refractivity contribution in [2.75, 3.05) is 0 Å². The van der Waals surface area contributed by atoms with Crippen LogP contribution in [0.5, 0.6) is 0 Å². The largest absolute Gasteiger partial charge is 0.304 e. The van der Waals surface area contributed by atoms with Gasteiger partial charge in [0, 0.05) is 5.56 Å². The summed E-state index contributed by atoms with van der Waals surface area (Å²) < 4.78 is 39.3. The molecule has 0 amide bonds. The van der Waals surface area contributed by atoms with Crippen LogP contribution in [0.3, 0.4) is 0 Å². The van der Waals surface area contributed by atoms with E-state index in [1.54, 1.807) is 12.1 Å². The van der Waals surface area contributed by atoms with Crippen molar-refractivity contribution in [3.05, 3.63) is 35.4 Å². The number of halogens is 3. The van der Waals surface area contributed by atoms with Crippen LogP contribution in [0.1, 0.15) is 17.5 Å². The van der Waals surface area contributed by atoms with Crippen LogP contribution in [0.15, 0.2) is 24.3 Å². The van der Waals surface area contributed by atoms with Crippen molar-refractivity contribution in [2.24, 2.45) is 0 Å². The number of aryl methyl sites for hydroxylation is 1. The van der Waals surface area contributed by atoms with Gasteiger partial charge in [-0.05, 0) is 18.4 Å². The Morgan fingerprint density at radius 2 is 1.92 bits per heavy atom. The van der Waals surface area contributed by atoms with Crippen molar-refractivity contribution in [1.82, 2.24) is 0 Å². The Balaban J connectivity index is 2.52. The molecule has 2 rings (SSSR count). The van der Waals surface area contributed by atoms with Crippen molar-refractivity contribution in [1.29, 1.82) is 0 Å². The molecular weight excluding hydrogens is 177 g/mol. The first-order valence-corrected chi connectivity index (χ1v) is 4.22. The summed E-state index contributed by atoms with van der Waals surface area (Å²) in [5, 5.41) is 0. The molecule has 0 N–H and O–H groups in total. The average Bonchev–Trinajstić information content (AvgIpc) is 2.13. The minimum absolute atomic E-state index is 0.0794. The summed E-state index contributed by atoms with van der Waals surface area (Å²) >= 11 is 0. The molecule has 1 aromatic carbocycles. The van der Waals surface area contributed by atoms with Crippen LogP contribution in [0.4, 0.5) is 13.2 Å². The Bertz CT molecular complexity index is 320. The number of alkyl halides is 3. The Morgan fingerprint density at radius 1 is 1.23 bits per heavy atom. The third-order valence-corrected chi connectivity index (χ3v) is 2.44. The number of hydrogen-bond acceptors (Lipinski definition) is 0. The van der Waals surface area contributed by atoms with Crippen LogP contribution < -0.4 is 0 Å². The maximum Gasteiger partial charge on any atom is 0.304 e. The Labute approximate surface area is 74.4 Å². The number of hydrogen-bond donors (Lipinski definition) is 0. The molecule has 0 fully saturated rings. The molecule has 3 heteroatoms. The van der Waals surface area contributed by atoms with Crippen molar-refractivity contribution < 1.29 is 13.2 Å². The smallest absolute Gasteiger partial charge is 0.240 e. The lowest BCUT2D eigenvalue weighted by Crippen LogP contribution is -2.32. The van der Waals surface area contributed by atoms with Crippen LogP contribution in [0, 0.1) is 0 Å². The maximum absolute atomic E-state index is 13.2. The molecule has 1 aliphatic rings. The molecule has 1 atom stereocenters. The van der Waals surface area contributed by atoms with E-state index in [1.807, 2.05) is 0 Å². The normalized spacial score (nSPS) is 25.3. The molecule has 13 heavy (non-hydrogen) atoms. The second kappa shape index (κ2) is 2.76. The van der Waals surface area contributed by atoms with E-state index < -0.39 is 12.1 Å². The van der Waals surface area contributed by atoms with Gasteiger partial charge in [0.05, 0.1) is 0 Å². The molecule has 0 aliphatic heterocycles. The lowest BCUT2D eigenvalue weighted by molar-refractivity contribution is -0.0880. The summed E-state index contributed by atoms with van der Waals surface area (Å²) in [5.74, 6) is -3.30. The molecule has 1 unspecified atom stereocenters. The molecule has 0 spiro atoms. The zero-order chi connectivity index (χ0) is 9.47. The van der Waals surface area contributed by atoms with Crippen molar-refractivity contribution >= 4 is 0 Å². The van der Waals surface area contributed by atoms with Gasteiger partial charge >= 0.3 is 5.92 Å². The summed E-state index contributed by atoms with van der Waals surface area (Å²) in [5.41, 5.74) is 0.426. The predicted octanol–water partition coefficient (Wildman–Crippen LogP) is 3.06. The zero-order valence-electron chi connectivity index (χ0n) is 6.93. The first-order valence-electron chi connectivity index (χ1n) is 4.22. The SMILES string of the molecule is FC1CCc2ccccc2C1(F)F. The van der Waals surface area contributed by atoms with E-state index in [0.29, 0.717) is 12.0 Å². The van der Waals surface area contributed by atoms with Crippen LogP contribution >= 0.6 is 0 Å². The number of benzene rings is 1. The number of rotatable bonds is 0. The van der Waals surface area contributed by atoms with Gasteiger partial charge in [0.15, 0.2) is 6.17 Å². The fraction of sp³-hybridized carbons (Fsp3) is 0.400. The van der Waals surface area contributed by atoms with Gasteiger partial charge in [-0.15, -0.1) is 0 Å². The van der Waals surface area contributed by atoms with E-state index in [9.17, 15) is 13.2 Å². The lowest BCUT2D eigenvalue weighted by atomic mass is 9.87. The van der Waals surface area contributed by atoms with Crippen molar-refractivity contribution in [2.45, 2.75) is 24.9 Å². The van der Waals surface area contributed by atoms with Crippen LogP contribution in [0.25, 0.3) is 0 Å². The van der Waals surface area contributed by atoms with Crippen LogP contribution in [-0.2, 0) is 12.3 Å². The highest BCUT2D eigenvalue weighted by molar-refractivity contribution is 5.34. The topological polar surface area (TPSA) is 0 Å². The van der Waals surface area contributed by atoms with E-state index in [-0.39, 0.29) is 12.0 Å².